The second-order valence-electron chi connectivity index (χ2n) is 8.65. The van der Waals surface area contributed by atoms with Crippen molar-refractivity contribution in [1.29, 1.82) is 0 Å². The van der Waals surface area contributed by atoms with Gasteiger partial charge in [0.15, 0.2) is 0 Å². The van der Waals surface area contributed by atoms with E-state index in [9.17, 15) is 9.59 Å². The van der Waals surface area contributed by atoms with Crippen molar-refractivity contribution in [3.05, 3.63) is 71.6 Å². The Bertz CT molecular complexity index is 1050. The second kappa shape index (κ2) is 6.77. The first kappa shape index (κ1) is 19.0. The zero-order valence-electron chi connectivity index (χ0n) is 17.4. The van der Waals surface area contributed by atoms with Crippen molar-refractivity contribution in [2.75, 3.05) is 18.5 Å². The predicted molar refractivity (Wildman–Crippen MR) is 113 cm³/mol. The minimum absolute atomic E-state index is 0.0294. The minimum atomic E-state index is -0.712. The standard InChI is InChI=1S/C24H25N3O3/c1-15-6-7-18(11-16(15)2)27-14-24-9-8-19(30-24)20(21(24)23(27)29)22(28)26(3)13-17-5-4-10-25-12-17/h4-12,19-21H,13-14H2,1-3H3/t19-,20+,21+,24-/m0/s1. The maximum absolute atomic E-state index is 13.5. The molecular formula is C24H25N3O3. The van der Waals surface area contributed by atoms with Crippen LogP contribution >= 0.6 is 0 Å². The minimum Gasteiger partial charge on any atom is -0.360 e. The fourth-order valence-electron chi connectivity index (χ4n) is 4.99. The number of rotatable bonds is 4. The summed E-state index contributed by atoms with van der Waals surface area (Å²) in [6.45, 7) is 5.00. The van der Waals surface area contributed by atoms with Crippen molar-refractivity contribution in [1.82, 2.24) is 9.88 Å². The average molecular weight is 403 g/mol. The van der Waals surface area contributed by atoms with E-state index in [0.717, 1.165) is 16.8 Å². The highest BCUT2D eigenvalue weighted by atomic mass is 16.5. The van der Waals surface area contributed by atoms with Gasteiger partial charge >= 0.3 is 0 Å². The quantitative estimate of drug-likeness (QED) is 0.737. The highest BCUT2D eigenvalue weighted by molar-refractivity contribution is 6.03. The van der Waals surface area contributed by atoms with E-state index in [-0.39, 0.29) is 17.9 Å². The van der Waals surface area contributed by atoms with E-state index in [1.54, 1.807) is 29.2 Å². The molecular weight excluding hydrogens is 378 g/mol. The lowest BCUT2D eigenvalue weighted by molar-refractivity contribution is -0.139. The van der Waals surface area contributed by atoms with Crippen molar-refractivity contribution in [2.24, 2.45) is 11.8 Å². The van der Waals surface area contributed by atoms with Crippen LogP contribution in [-0.2, 0) is 20.9 Å². The van der Waals surface area contributed by atoms with E-state index in [4.69, 9.17) is 4.74 Å². The number of aryl methyl sites for hydroxylation is 2. The van der Waals surface area contributed by atoms with Crippen LogP contribution in [0.5, 0.6) is 0 Å². The van der Waals surface area contributed by atoms with Gasteiger partial charge in [0, 0.05) is 31.7 Å². The van der Waals surface area contributed by atoms with Crippen molar-refractivity contribution >= 4 is 17.5 Å². The molecule has 2 bridgehead atoms. The largest absolute Gasteiger partial charge is 0.360 e. The smallest absolute Gasteiger partial charge is 0.234 e. The van der Waals surface area contributed by atoms with Crippen molar-refractivity contribution in [3.63, 3.8) is 0 Å². The summed E-state index contributed by atoms with van der Waals surface area (Å²) in [4.78, 5) is 34.5. The Morgan fingerprint density at radius 2 is 2.13 bits per heavy atom. The molecule has 4 atom stereocenters. The van der Waals surface area contributed by atoms with Crippen LogP contribution in [0, 0.1) is 25.7 Å². The maximum Gasteiger partial charge on any atom is 0.234 e. The molecule has 1 spiro atoms. The van der Waals surface area contributed by atoms with E-state index in [1.807, 2.05) is 49.4 Å². The third-order valence-electron chi connectivity index (χ3n) is 6.71. The monoisotopic (exact) mass is 403 g/mol. The Kier molecular flexibility index (Phi) is 4.29. The van der Waals surface area contributed by atoms with Gasteiger partial charge in [-0.3, -0.25) is 14.6 Å². The SMILES string of the molecule is Cc1ccc(N2C[C@]34C=C[C@H](O3)[C@@H](C(=O)N(C)Cc3cccnc3)[C@@H]4C2=O)cc1C. The Morgan fingerprint density at radius 1 is 1.30 bits per heavy atom. The lowest BCUT2D eigenvalue weighted by atomic mass is 9.76. The first-order valence-corrected chi connectivity index (χ1v) is 10.3. The van der Waals surface area contributed by atoms with E-state index in [0.29, 0.717) is 13.1 Å². The Morgan fingerprint density at radius 3 is 2.87 bits per heavy atom. The van der Waals surface area contributed by atoms with Crippen LogP contribution in [0.4, 0.5) is 5.69 Å². The van der Waals surface area contributed by atoms with Gasteiger partial charge < -0.3 is 14.5 Å². The van der Waals surface area contributed by atoms with Gasteiger partial charge in [0.05, 0.1) is 24.5 Å². The molecule has 1 aromatic heterocycles. The molecule has 0 N–H and O–H groups in total. The third-order valence-corrected chi connectivity index (χ3v) is 6.71. The molecule has 3 aliphatic heterocycles. The van der Waals surface area contributed by atoms with Gasteiger partial charge in [-0.25, -0.2) is 0 Å². The molecule has 2 saturated heterocycles. The van der Waals surface area contributed by atoms with Gasteiger partial charge in [-0.05, 0) is 48.7 Å². The normalized spacial score (nSPS) is 28.8. The number of nitrogens with zero attached hydrogens (tertiary/aromatic N) is 3. The van der Waals surface area contributed by atoms with Crippen LogP contribution in [0.3, 0.4) is 0 Å². The molecule has 0 unspecified atom stereocenters. The number of hydrogen-bond donors (Lipinski definition) is 0. The molecule has 0 radical (unpaired) electrons. The van der Waals surface area contributed by atoms with E-state index < -0.39 is 17.4 Å². The summed E-state index contributed by atoms with van der Waals surface area (Å²) in [5, 5.41) is 0. The molecule has 0 aliphatic carbocycles. The van der Waals surface area contributed by atoms with Crippen LogP contribution < -0.4 is 4.90 Å². The number of ether oxygens (including phenoxy) is 1. The lowest BCUT2D eigenvalue weighted by Gasteiger charge is -2.27. The highest BCUT2D eigenvalue weighted by Gasteiger charge is 2.67. The maximum atomic E-state index is 13.5. The van der Waals surface area contributed by atoms with Crippen molar-refractivity contribution in [3.8, 4) is 0 Å². The second-order valence-corrected chi connectivity index (χ2v) is 8.65. The van der Waals surface area contributed by atoms with Crippen LogP contribution in [0.2, 0.25) is 0 Å². The van der Waals surface area contributed by atoms with Gasteiger partial charge in [-0.2, -0.15) is 0 Å². The lowest BCUT2D eigenvalue weighted by Crippen LogP contribution is -2.44. The number of fused-ring (bicyclic) bond motifs is 1. The Balaban J connectivity index is 1.42. The summed E-state index contributed by atoms with van der Waals surface area (Å²) in [6, 6.07) is 9.83. The number of benzene rings is 1. The summed E-state index contributed by atoms with van der Waals surface area (Å²) in [5.41, 5.74) is 3.43. The molecule has 0 saturated carbocycles. The van der Waals surface area contributed by atoms with Crippen molar-refractivity contribution in [2.45, 2.75) is 32.1 Å². The van der Waals surface area contributed by atoms with E-state index >= 15 is 0 Å². The Labute approximate surface area is 176 Å². The molecule has 3 aliphatic rings. The summed E-state index contributed by atoms with van der Waals surface area (Å²) in [6.07, 6.45) is 7.07. The summed E-state index contributed by atoms with van der Waals surface area (Å²) >= 11 is 0. The molecule has 30 heavy (non-hydrogen) atoms. The van der Waals surface area contributed by atoms with Gasteiger partial charge in [0.25, 0.3) is 0 Å². The molecule has 5 rings (SSSR count). The number of aromatic nitrogens is 1. The number of anilines is 1. The molecule has 2 fully saturated rings. The zero-order chi connectivity index (χ0) is 21.0. The van der Waals surface area contributed by atoms with Crippen LogP contribution in [0.25, 0.3) is 0 Å². The molecule has 6 heteroatoms. The van der Waals surface area contributed by atoms with Crippen molar-refractivity contribution < 1.29 is 14.3 Å². The zero-order valence-corrected chi connectivity index (χ0v) is 17.4. The van der Waals surface area contributed by atoms with Gasteiger partial charge in [-0.15, -0.1) is 0 Å². The topological polar surface area (TPSA) is 62.7 Å². The third kappa shape index (κ3) is 2.78. The molecule has 2 amide bonds. The van der Waals surface area contributed by atoms with E-state index in [1.165, 1.54) is 5.56 Å². The van der Waals surface area contributed by atoms with Crippen LogP contribution in [0.15, 0.2) is 54.9 Å². The molecule has 6 nitrogen and oxygen atoms in total. The Hall–Kier alpha value is -2.99. The molecule has 154 valence electrons. The molecule has 2 aromatic rings. The van der Waals surface area contributed by atoms with E-state index in [2.05, 4.69) is 11.9 Å². The fraction of sp³-hybridized carbons (Fsp3) is 0.375. The molecule has 1 aromatic carbocycles. The van der Waals surface area contributed by atoms with Crippen LogP contribution in [0.1, 0.15) is 16.7 Å². The number of carbonyl (C=O) groups is 2. The number of hydrogen-bond acceptors (Lipinski definition) is 4. The fourth-order valence-corrected chi connectivity index (χ4v) is 4.99. The summed E-state index contributed by atoms with van der Waals surface area (Å²) in [7, 11) is 1.78. The average Bonchev–Trinajstić information content (AvgIpc) is 3.38. The number of carbonyl (C=O) groups excluding carboxylic acids is 2. The van der Waals surface area contributed by atoms with Gasteiger partial charge in [0.1, 0.15) is 5.60 Å². The first-order valence-electron chi connectivity index (χ1n) is 10.3. The van der Waals surface area contributed by atoms with Gasteiger partial charge in [-0.1, -0.05) is 24.3 Å². The van der Waals surface area contributed by atoms with Gasteiger partial charge in [0.2, 0.25) is 11.8 Å². The summed E-state index contributed by atoms with van der Waals surface area (Å²) in [5.74, 6) is -1.08. The summed E-state index contributed by atoms with van der Waals surface area (Å²) < 4.78 is 6.26. The molecule has 4 heterocycles. The first-order chi connectivity index (χ1) is 14.4. The number of amides is 2. The number of pyridine rings is 1. The van der Waals surface area contributed by atoms with Crippen LogP contribution in [-0.4, -0.2) is 47.0 Å². The predicted octanol–water partition coefficient (Wildman–Crippen LogP) is 2.64. The highest BCUT2D eigenvalue weighted by Crippen LogP contribution is 2.53.